The van der Waals surface area contributed by atoms with Crippen LogP contribution in [0.15, 0.2) is 0 Å². The number of aliphatic hydroxyl groups is 1. The summed E-state index contributed by atoms with van der Waals surface area (Å²) < 4.78 is 11.6. The Bertz CT molecular complexity index is 79.6. The summed E-state index contributed by atoms with van der Waals surface area (Å²) in [7, 11) is 0. The van der Waals surface area contributed by atoms with E-state index in [9.17, 15) is 4.39 Å². The molecule has 3 N–H and O–H groups in total. The van der Waals surface area contributed by atoms with Crippen LogP contribution >= 0.6 is 0 Å². The molecule has 0 fully saturated rings. The fraction of sp³-hybridized carbons (Fsp3) is 1.00. The number of nitrogens with two attached hydrogens (primary N) is 1. The molecule has 0 aliphatic heterocycles. The minimum Gasteiger partial charge on any atom is -0.390 e. The smallest absolute Gasteiger partial charge is 0.115 e. The summed E-state index contributed by atoms with van der Waals surface area (Å²) in [5.41, 5.74) is 5.02. The highest BCUT2D eigenvalue weighted by molar-refractivity contribution is 4.75. The van der Waals surface area contributed by atoms with E-state index in [1.165, 1.54) is 0 Å². The number of hydrogen-bond acceptors (Lipinski definition) is 2. The van der Waals surface area contributed by atoms with Gasteiger partial charge in [-0.05, 0) is 20.3 Å². The van der Waals surface area contributed by atoms with Crippen LogP contribution in [-0.2, 0) is 0 Å². The van der Waals surface area contributed by atoms with Crippen molar-refractivity contribution in [1.29, 1.82) is 0 Å². The second-order valence-electron chi connectivity index (χ2n) is 3.00. The van der Waals surface area contributed by atoms with Gasteiger partial charge in [-0.15, -0.1) is 0 Å². The molecule has 0 aromatic heterocycles. The summed E-state index contributed by atoms with van der Waals surface area (Å²) in [6.07, 6.45) is -0.589. The molecule has 9 heavy (non-hydrogen) atoms. The molecule has 0 amide bonds. The molecule has 0 saturated carbocycles. The van der Waals surface area contributed by atoms with E-state index in [-0.39, 0.29) is 0 Å². The molecule has 0 aromatic rings. The van der Waals surface area contributed by atoms with Gasteiger partial charge in [0.2, 0.25) is 0 Å². The zero-order chi connectivity index (χ0) is 7.49. The zero-order valence-corrected chi connectivity index (χ0v) is 5.89. The molecule has 0 spiro atoms. The van der Waals surface area contributed by atoms with Gasteiger partial charge in [-0.1, -0.05) is 0 Å². The number of alkyl halides is 1. The number of hydrogen-bond donors (Lipinski definition) is 2. The average Bonchev–Trinajstić information content (AvgIpc) is 1.62. The fourth-order valence-corrected chi connectivity index (χ4v) is 0.662. The summed E-state index contributed by atoms with van der Waals surface area (Å²) >= 11 is 0. The average molecular weight is 135 g/mol. The minimum atomic E-state index is -0.898. The first-order valence-corrected chi connectivity index (χ1v) is 2.98. The van der Waals surface area contributed by atoms with Gasteiger partial charge in [0.25, 0.3) is 0 Å². The molecular formula is C6H14FNO. The normalized spacial score (nSPS) is 15.7. The van der Waals surface area contributed by atoms with E-state index in [4.69, 9.17) is 10.8 Å². The lowest BCUT2D eigenvalue weighted by molar-refractivity contribution is 0.111. The Hall–Kier alpha value is -0.150. The van der Waals surface area contributed by atoms with Crippen molar-refractivity contribution in [2.75, 3.05) is 6.67 Å². The Morgan fingerprint density at radius 2 is 2.11 bits per heavy atom. The van der Waals surface area contributed by atoms with Crippen molar-refractivity contribution in [3.63, 3.8) is 0 Å². The molecule has 1 unspecified atom stereocenters. The van der Waals surface area contributed by atoms with Crippen molar-refractivity contribution in [3.8, 4) is 0 Å². The second-order valence-corrected chi connectivity index (χ2v) is 3.00. The topological polar surface area (TPSA) is 46.2 Å². The van der Waals surface area contributed by atoms with Crippen molar-refractivity contribution in [3.05, 3.63) is 0 Å². The van der Waals surface area contributed by atoms with Gasteiger partial charge in [0.15, 0.2) is 0 Å². The predicted molar refractivity (Wildman–Crippen MR) is 34.9 cm³/mol. The van der Waals surface area contributed by atoms with Crippen LogP contribution in [0.1, 0.15) is 20.3 Å². The molecule has 0 saturated heterocycles. The quantitative estimate of drug-likeness (QED) is 0.590. The Morgan fingerprint density at radius 1 is 1.67 bits per heavy atom. The summed E-state index contributed by atoms with van der Waals surface area (Å²) in [5.74, 6) is 0. The van der Waals surface area contributed by atoms with Crippen LogP contribution in [-0.4, -0.2) is 23.4 Å². The Balaban J connectivity index is 3.47. The van der Waals surface area contributed by atoms with E-state index >= 15 is 0 Å². The van der Waals surface area contributed by atoms with Crippen LogP contribution in [0.2, 0.25) is 0 Å². The maximum atomic E-state index is 11.6. The van der Waals surface area contributed by atoms with Gasteiger partial charge in [0.1, 0.15) is 6.67 Å². The molecule has 3 heteroatoms. The van der Waals surface area contributed by atoms with E-state index in [0.29, 0.717) is 6.42 Å². The molecule has 0 heterocycles. The maximum absolute atomic E-state index is 11.6. The largest absolute Gasteiger partial charge is 0.390 e. The van der Waals surface area contributed by atoms with Crippen molar-refractivity contribution in [2.24, 2.45) is 5.73 Å². The van der Waals surface area contributed by atoms with Crippen molar-refractivity contribution < 1.29 is 9.50 Å². The third-order valence-electron chi connectivity index (χ3n) is 0.940. The summed E-state index contributed by atoms with van der Waals surface area (Å²) in [6, 6.07) is 0. The van der Waals surface area contributed by atoms with Gasteiger partial charge in [0.05, 0.1) is 6.10 Å². The molecule has 0 aliphatic rings. The molecule has 2 nitrogen and oxygen atoms in total. The van der Waals surface area contributed by atoms with Crippen molar-refractivity contribution in [2.45, 2.75) is 31.9 Å². The maximum Gasteiger partial charge on any atom is 0.115 e. The van der Waals surface area contributed by atoms with Gasteiger partial charge in [-0.3, -0.25) is 0 Å². The lowest BCUT2D eigenvalue weighted by Gasteiger charge is -2.20. The number of aliphatic hydroxyl groups excluding tert-OH is 1. The molecule has 56 valence electrons. The third-order valence-corrected chi connectivity index (χ3v) is 0.940. The van der Waals surface area contributed by atoms with Crippen molar-refractivity contribution in [1.82, 2.24) is 0 Å². The van der Waals surface area contributed by atoms with Gasteiger partial charge in [-0.2, -0.15) is 0 Å². The van der Waals surface area contributed by atoms with Crippen LogP contribution in [0.25, 0.3) is 0 Å². The molecular weight excluding hydrogens is 121 g/mol. The number of rotatable bonds is 3. The lowest BCUT2D eigenvalue weighted by atomic mass is 9.99. The van der Waals surface area contributed by atoms with Crippen molar-refractivity contribution >= 4 is 0 Å². The van der Waals surface area contributed by atoms with E-state index in [2.05, 4.69) is 0 Å². The highest BCUT2D eigenvalue weighted by atomic mass is 19.1. The molecule has 0 aliphatic carbocycles. The highest BCUT2D eigenvalue weighted by Gasteiger charge is 2.16. The highest BCUT2D eigenvalue weighted by Crippen LogP contribution is 2.07. The van der Waals surface area contributed by atoms with E-state index < -0.39 is 18.3 Å². The van der Waals surface area contributed by atoms with Gasteiger partial charge in [0, 0.05) is 5.54 Å². The monoisotopic (exact) mass is 135 g/mol. The third kappa shape index (κ3) is 5.73. The molecule has 0 radical (unpaired) electrons. The molecule has 0 rings (SSSR count). The van der Waals surface area contributed by atoms with Crippen LogP contribution in [0.5, 0.6) is 0 Å². The first-order chi connectivity index (χ1) is 3.95. The van der Waals surface area contributed by atoms with E-state index in [0.717, 1.165) is 0 Å². The molecule has 1 atom stereocenters. The van der Waals surface area contributed by atoms with Gasteiger partial charge >= 0.3 is 0 Å². The van der Waals surface area contributed by atoms with E-state index in [1.54, 1.807) is 13.8 Å². The van der Waals surface area contributed by atoms with Crippen LogP contribution in [0.3, 0.4) is 0 Å². The lowest BCUT2D eigenvalue weighted by Crippen LogP contribution is -2.36. The molecule has 0 aromatic carbocycles. The predicted octanol–water partition coefficient (Wildman–Crippen LogP) is 0.444. The van der Waals surface area contributed by atoms with Crippen LogP contribution in [0.4, 0.5) is 4.39 Å². The standard InChI is InChI=1S/C6H14FNO/c1-6(2,8)3-5(9)4-7/h5,9H,3-4,8H2,1-2H3. The SMILES string of the molecule is CC(C)(N)CC(O)CF. The van der Waals surface area contributed by atoms with Gasteiger partial charge < -0.3 is 10.8 Å². The fourth-order valence-electron chi connectivity index (χ4n) is 0.662. The first kappa shape index (κ1) is 8.85. The Labute approximate surface area is 54.9 Å². The second kappa shape index (κ2) is 3.13. The Kier molecular flexibility index (Phi) is 3.08. The van der Waals surface area contributed by atoms with Gasteiger partial charge in [-0.25, -0.2) is 4.39 Å². The summed E-state index contributed by atoms with van der Waals surface area (Å²) in [5, 5.41) is 8.74. The Morgan fingerprint density at radius 3 is 2.22 bits per heavy atom. The van der Waals surface area contributed by atoms with Crippen LogP contribution in [0, 0.1) is 0 Å². The minimum absolute atomic E-state index is 0.309. The zero-order valence-electron chi connectivity index (χ0n) is 5.89. The first-order valence-electron chi connectivity index (χ1n) is 2.98. The number of halogens is 1. The van der Waals surface area contributed by atoms with E-state index in [1.807, 2.05) is 0 Å². The summed E-state index contributed by atoms with van der Waals surface area (Å²) in [4.78, 5) is 0. The molecule has 0 bridgehead atoms. The summed E-state index contributed by atoms with van der Waals surface area (Å²) in [6.45, 7) is 2.80. The van der Waals surface area contributed by atoms with Crippen LogP contribution < -0.4 is 5.73 Å².